The Labute approximate surface area is 139 Å². The molecule has 23 heavy (non-hydrogen) atoms. The lowest BCUT2D eigenvalue weighted by Crippen LogP contribution is -2.08. The van der Waals surface area contributed by atoms with Crippen LogP contribution in [-0.2, 0) is 4.79 Å². The maximum atomic E-state index is 12.0. The van der Waals surface area contributed by atoms with Crippen molar-refractivity contribution in [1.29, 1.82) is 0 Å². The Morgan fingerprint density at radius 2 is 1.96 bits per heavy atom. The van der Waals surface area contributed by atoms with Crippen molar-refractivity contribution >= 4 is 44.1 Å². The fourth-order valence-electron chi connectivity index (χ4n) is 1.89. The zero-order valence-electron chi connectivity index (χ0n) is 11.7. The van der Waals surface area contributed by atoms with E-state index in [4.69, 9.17) is 4.74 Å². The van der Waals surface area contributed by atoms with Gasteiger partial charge in [0.25, 0.3) is 0 Å². The summed E-state index contributed by atoms with van der Waals surface area (Å²) in [5.41, 5.74) is 0.678. The summed E-state index contributed by atoms with van der Waals surface area (Å²) in [6, 6.07) is 13.6. The van der Waals surface area contributed by atoms with Crippen LogP contribution in [0.3, 0.4) is 0 Å². The SMILES string of the molecule is O=C(COc1ccccc1[N+](=O)[O-])Sc1nc2ccccc2s1. The molecule has 2 aromatic carbocycles. The molecule has 0 fully saturated rings. The molecule has 0 N–H and O–H groups in total. The average Bonchev–Trinajstić information content (AvgIpc) is 2.95. The summed E-state index contributed by atoms with van der Waals surface area (Å²) < 4.78 is 6.90. The number of carbonyl (C=O) groups excluding carboxylic acids is 1. The normalized spacial score (nSPS) is 10.6. The first kappa shape index (κ1) is 15.4. The molecule has 3 aromatic rings. The van der Waals surface area contributed by atoms with Crippen molar-refractivity contribution in [3.63, 3.8) is 0 Å². The van der Waals surface area contributed by atoms with E-state index in [0.29, 0.717) is 4.34 Å². The van der Waals surface area contributed by atoms with Crippen LogP contribution in [0.15, 0.2) is 52.9 Å². The van der Waals surface area contributed by atoms with Gasteiger partial charge in [0.2, 0.25) is 5.12 Å². The van der Waals surface area contributed by atoms with Crippen molar-refractivity contribution in [2.24, 2.45) is 0 Å². The largest absolute Gasteiger partial charge is 0.478 e. The number of aromatic nitrogens is 1. The number of ether oxygens (including phenoxy) is 1. The standard InChI is InChI=1S/C15H10N2O4S2/c18-14(9-21-12-7-3-2-6-11(12)17(19)20)23-15-16-10-5-1-4-8-13(10)22-15/h1-8H,9H2. The molecule has 0 spiro atoms. The van der Waals surface area contributed by atoms with Gasteiger partial charge in [-0.3, -0.25) is 14.9 Å². The highest BCUT2D eigenvalue weighted by atomic mass is 32.2. The van der Waals surface area contributed by atoms with Gasteiger partial charge in [0.1, 0.15) is 0 Å². The summed E-state index contributed by atoms with van der Waals surface area (Å²) in [5.74, 6) is 0.0794. The molecule has 0 saturated carbocycles. The van der Waals surface area contributed by atoms with Gasteiger partial charge < -0.3 is 4.74 Å². The number of benzene rings is 2. The number of nitrogens with zero attached hydrogens (tertiary/aromatic N) is 2. The van der Waals surface area contributed by atoms with Crippen LogP contribution in [0.4, 0.5) is 5.69 Å². The van der Waals surface area contributed by atoms with E-state index < -0.39 is 4.92 Å². The summed E-state index contributed by atoms with van der Waals surface area (Å²) in [5, 5.41) is 10.6. The van der Waals surface area contributed by atoms with Gasteiger partial charge in [-0.25, -0.2) is 4.98 Å². The Hall–Kier alpha value is -2.45. The van der Waals surface area contributed by atoms with Gasteiger partial charge in [0, 0.05) is 6.07 Å². The number of nitro groups is 1. The van der Waals surface area contributed by atoms with Crippen LogP contribution in [0, 0.1) is 10.1 Å². The number of para-hydroxylation sites is 3. The summed E-state index contributed by atoms with van der Waals surface area (Å²) in [6.07, 6.45) is 0. The van der Waals surface area contributed by atoms with Gasteiger partial charge in [0.15, 0.2) is 16.7 Å². The number of fused-ring (bicyclic) bond motifs is 1. The molecule has 0 radical (unpaired) electrons. The molecule has 3 rings (SSSR count). The molecule has 0 aliphatic carbocycles. The van der Waals surface area contributed by atoms with Crippen molar-refractivity contribution < 1.29 is 14.5 Å². The maximum absolute atomic E-state index is 12.0. The number of carbonyl (C=O) groups is 1. The molecule has 1 heterocycles. The van der Waals surface area contributed by atoms with E-state index in [2.05, 4.69) is 4.98 Å². The lowest BCUT2D eigenvalue weighted by atomic mass is 10.3. The van der Waals surface area contributed by atoms with Crippen LogP contribution >= 0.6 is 23.1 Å². The second-order valence-corrected chi connectivity index (χ2v) is 6.77. The first-order valence-electron chi connectivity index (χ1n) is 6.56. The maximum Gasteiger partial charge on any atom is 0.310 e. The van der Waals surface area contributed by atoms with Crippen molar-refractivity contribution in [1.82, 2.24) is 4.98 Å². The van der Waals surface area contributed by atoms with Gasteiger partial charge >= 0.3 is 5.69 Å². The van der Waals surface area contributed by atoms with Crippen LogP contribution in [0.25, 0.3) is 10.2 Å². The molecular weight excluding hydrogens is 336 g/mol. The molecular formula is C15H10N2O4S2. The molecule has 1 aromatic heterocycles. The minimum Gasteiger partial charge on any atom is -0.478 e. The topological polar surface area (TPSA) is 82.3 Å². The quantitative estimate of drug-likeness (QED) is 0.396. The van der Waals surface area contributed by atoms with Crippen molar-refractivity contribution in [3.05, 3.63) is 58.6 Å². The highest BCUT2D eigenvalue weighted by molar-refractivity contribution is 8.15. The number of thiazole rings is 1. The summed E-state index contributed by atoms with van der Waals surface area (Å²) in [6.45, 7) is -0.258. The predicted molar refractivity (Wildman–Crippen MR) is 89.1 cm³/mol. The molecule has 0 unspecified atom stereocenters. The Morgan fingerprint density at radius 3 is 2.74 bits per heavy atom. The van der Waals surface area contributed by atoms with Crippen molar-refractivity contribution in [2.75, 3.05) is 6.61 Å². The molecule has 0 atom stereocenters. The fraction of sp³-hybridized carbons (Fsp3) is 0.0667. The van der Waals surface area contributed by atoms with E-state index in [-0.39, 0.29) is 23.2 Å². The minimum atomic E-state index is -0.541. The summed E-state index contributed by atoms with van der Waals surface area (Å²) in [4.78, 5) is 26.7. The Bertz CT molecular complexity index is 846. The fourth-order valence-corrected chi connectivity index (χ4v) is 3.76. The lowest BCUT2D eigenvalue weighted by Gasteiger charge is -2.04. The summed E-state index contributed by atoms with van der Waals surface area (Å²) >= 11 is 2.40. The summed E-state index contributed by atoms with van der Waals surface area (Å²) in [7, 11) is 0. The van der Waals surface area contributed by atoms with Crippen molar-refractivity contribution in [2.45, 2.75) is 4.34 Å². The highest BCUT2D eigenvalue weighted by Gasteiger charge is 2.16. The molecule has 0 bridgehead atoms. The van der Waals surface area contributed by atoms with E-state index >= 15 is 0 Å². The van der Waals surface area contributed by atoms with Gasteiger partial charge in [-0.15, -0.1) is 11.3 Å². The molecule has 6 nitrogen and oxygen atoms in total. The third-order valence-electron chi connectivity index (χ3n) is 2.88. The minimum absolute atomic E-state index is 0.0794. The van der Waals surface area contributed by atoms with Crippen LogP contribution in [0.5, 0.6) is 5.75 Å². The van der Waals surface area contributed by atoms with Gasteiger partial charge in [0.05, 0.1) is 15.1 Å². The third kappa shape index (κ3) is 3.66. The van der Waals surface area contributed by atoms with E-state index in [1.807, 2.05) is 24.3 Å². The van der Waals surface area contributed by atoms with Crippen LogP contribution < -0.4 is 4.74 Å². The predicted octanol–water partition coefficient (Wildman–Crippen LogP) is 3.90. The number of rotatable bonds is 5. The number of nitro benzene ring substituents is 1. The van der Waals surface area contributed by atoms with Gasteiger partial charge in [-0.05, 0) is 30.0 Å². The zero-order chi connectivity index (χ0) is 16.2. The van der Waals surface area contributed by atoms with Crippen LogP contribution in [0.1, 0.15) is 0 Å². The van der Waals surface area contributed by atoms with E-state index in [9.17, 15) is 14.9 Å². The first-order valence-corrected chi connectivity index (χ1v) is 8.19. The molecule has 116 valence electrons. The molecule has 0 aliphatic rings. The second kappa shape index (κ2) is 6.76. The molecule has 0 aliphatic heterocycles. The Kier molecular flexibility index (Phi) is 4.54. The third-order valence-corrected chi connectivity index (χ3v) is 4.83. The number of hydrogen-bond acceptors (Lipinski definition) is 7. The Morgan fingerprint density at radius 1 is 1.22 bits per heavy atom. The van der Waals surface area contributed by atoms with Crippen LogP contribution in [-0.4, -0.2) is 21.6 Å². The molecule has 0 saturated heterocycles. The second-order valence-electron chi connectivity index (χ2n) is 4.44. The van der Waals surface area contributed by atoms with Gasteiger partial charge in [-0.1, -0.05) is 24.3 Å². The number of thioether (sulfide) groups is 1. The molecule has 0 amide bonds. The monoisotopic (exact) mass is 346 g/mol. The van der Waals surface area contributed by atoms with E-state index in [1.54, 1.807) is 12.1 Å². The number of hydrogen-bond donors (Lipinski definition) is 0. The first-order chi connectivity index (χ1) is 11.1. The zero-order valence-corrected chi connectivity index (χ0v) is 13.3. The smallest absolute Gasteiger partial charge is 0.310 e. The van der Waals surface area contributed by atoms with Crippen molar-refractivity contribution in [3.8, 4) is 5.75 Å². The molecule has 8 heteroatoms. The van der Waals surface area contributed by atoms with Gasteiger partial charge in [-0.2, -0.15) is 0 Å². The average molecular weight is 346 g/mol. The van der Waals surface area contributed by atoms with E-state index in [0.717, 1.165) is 22.0 Å². The lowest BCUT2D eigenvalue weighted by molar-refractivity contribution is -0.385. The van der Waals surface area contributed by atoms with Crippen LogP contribution in [0.2, 0.25) is 0 Å². The Balaban J connectivity index is 1.65. The van der Waals surface area contributed by atoms with E-state index in [1.165, 1.54) is 23.5 Å². The highest BCUT2D eigenvalue weighted by Crippen LogP contribution is 2.30.